The minimum Gasteiger partial charge on any atom is -0.487 e. The van der Waals surface area contributed by atoms with E-state index in [1.807, 2.05) is 29.2 Å². The molecule has 1 heterocycles. The predicted molar refractivity (Wildman–Crippen MR) is 111 cm³/mol. The van der Waals surface area contributed by atoms with E-state index in [9.17, 15) is 9.59 Å². The van der Waals surface area contributed by atoms with Crippen molar-refractivity contribution in [1.29, 1.82) is 0 Å². The number of likely N-dealkylation sites (tertiary alicyclic amines) is 1. The minimum absolute atomic E-state index is 0.0406. The quantitative estimate of drug-likeness (QED) is 0.689. The summed E-state index contributed by atoms with van der Waals surface area (Å²) in [4.78, 5) is 26.7. The molecule has 2 aromatic carbocycles. The van der Waals surface area contributed by atoms with Crippen molar-refractivity contribution in [2.45, 2.75) is 12.8 Å². The zero-order valence-corrected chi connectivity index (χ0v) is 15.8. The number of hydrogen-bond donors (Lipinski definition) is 2. The van der Waals surface area contributed by atoms with E-state index < -0.39 is 0 Å². The highest BCUT2D eigenvalue weighted by atomic mass is 16.5. The molecule has 3 rings (SSSR count). The molecule has 1 aliphatic rings. The third-order valence-corrected chi connectivity index (χ3v) is 4.47. The molecule has 2 N–H and O–H groups in total. The van der Waals surface area contributed by atoms with E-state index in [4.69, 9.17) is 4.74 Å². The van der Waals surface area contributed by atoms with Crippen LogP contribution in [0, 0.1) is 0 Å². The van der Waals surface area contributed by atoms with Crippen LogP contribution in [0.15, 0.2) is 61.2 Å². The lowest BCUT2D eigenvalue weighted by Gasteiger charge is -2.16. The summed E-state index contributed by atoms with van der Waals surface area (Å²) in [6.45, 7) is 5.69. The summed E-state index contributed by atoms with van der Waals surface area (Å²) >= 11 is 0. The molecule has 0 aromatic heterocycles. The molecule has 146 valence electrons. The topological polar surface area (TPSA) is 70.7 Å². The van der Waals surface area contributed by atoms with Crippen molar-refractivity contribution in [2.75, 3.05) is 36.9 Å². The van der Waals surface area contributed by atoms with Gasteiger partial charge in [0, 0.05) is 24.3 Å². The second-order valence-corrected chi connectivity index (χ2v) is 6.58. The van der Waals surface area contributed by atoms with Crippen molar-refractivity contribution < 1.29 is 14.3 Å². The Kier molecular flexibility index (Phi) is 6.68. The van der Waals surface area contributed by atoms with E-state index in [1.54, 1.807) is 30.3 Å². The molecule has 0 atom stereocenters. The number of carbonyl (C=O) groups excluding carboxylic acids is 2. The number of anilines is 2. The first-order valence-corrected chi connectivity index (χ1v) is 9.43. The number of hydrogen-bond acceptors (Lipinski definition) is 4. The molecular formula is C22H25N3O3. The van der Waals surface area contributed by atoms with Gasteiger partial charge >= 0.3 is 0 Å². The van der Waals surface area contributed by atoms with Crippen molar-refractivity contribution >= 4 is 23.2 Å². The van der Waals surface area contributed by atoms with Gasteiger partial charge in [0.2, 0.25) is 5.91 Å². The Morgan fingerprint density at radius 1 is 1.11 bits per heavy atom. The van der Waals surface area contributed by atoms with Gasteiger partial charge < -0.3 is 20.3 Å². The summed E-state index contributed by atoms with van der Waals surface area (Å²) in [6, 6.07) is 14.5. The molecule has 0 saturated carbocycles. The summed E-state index contributed by atoms with van der Waals surface area (Å²) in [5.74, 6) is 0.429. The summed E-state index contributed by atoms with van der Waals surface area (Å²) in [5.41, 5.74) is 1.97. The molecule has 0 unspecified atom stereocenters. The van der Waals surface area contributed by atoms with Gasteiger partial charge in [-0.3, -0.25) is 9.59 Å². The predicted octanol–water partition coefficient (Wildman–Crippen LogP) is 3.54. The van der Waals surface area contributed by atoms with Gasteiger partial charge in [-0.05, 0) is 43.2 Å². The normalized spacial score (nSPS) is 13.1. The third-order valence-electron chi connectivity index (χ3n) is 4.47. The molecule has 28 heavy (non-hydrogen) atoms. The number of benzene rings is 2. The molecule has 1 saturated heterocycles. The van der Waals surface area contributed by atoms with Crippen molar-refractivity contribution in [2.24, 2.45) is 0 Å². The first kappa shape index (κ1) is 19.5. The number of ether oxygens (including phenoxy) is 1. The van der Waals surface area contributed by atoms with Crippen LogP contribution in [-0.2, 0) is 4.79 Å². The van der Waals surface area contributed by atoms with Crippen molar-refractivity contribution in [3.05, 3.63) is 66.7 Å². The molecule has 0 spiro atoms. The highest BCUT2D eigenvalue weighted by Gasteiger charge is 2.19. The Bertz CT molecular complexity index is 844. The molecule has 2 amide bonds. The average Bonchev–Trinajstić information content (AvgIpc) is 3.26. The summed E-state index contributed by atoms with van der Waals surface area (Å²) in [6.07, 6.45) is 3.76. The molecule has 2 aromatic rings. The van der Waals surface area contributed by atoms with Crippen LogP contribution in [0.2, 0.25) is 0 Å². The first-order valence-electron chi connectivity index (χ1n) is 9.43. The lowest BCUT2D eigenvalue weighted by Crippen LogP contribution is -2.27. The lowest BCUT2D eigenvalue weighted by atomic mass is 10.1. The van der Waals surface area contributed by atoms with Crippen LogP contribution in [0.1, 0.15) is 23.2 Å². The number of carbonyl (C=O) groups is 2. The zero-order valence-electron chi connectivity index (χ0n) is 15.8. The van der Waals surface area contributed by atoms with E-state index in [-0.39, 0.29) is 18.4 Å². The number of para-hydroxylation sites is 2. The summed E-state index contributed by atoms with van der Waals surface area (Å²) in [5, 5.41) is 5.91. The van der Waals surface area contributed by atoms with Crippen molar-refractivity contribution in [3.63, 3.8) is 0 Å². The summed E-state index contributed by atoms with van der Waals surface area (Å²) in [7, 11) is 0. The number of nitrogens with one attached hydrogen (secondary N) is 2. The maximum Gasteiger partial charge on any atom is 0.253 e. The van der Waals surface area contributed by atoms with E-state index in [0.29, 0.717) is 23.6 Å². The summed E-state index contributed by atoms with van der Waals surface area (Å²) < 4.78 is 5.55. The first-order chi connectivity index (χ1) is 13.7. The fourth-order valence-electron chi connectivity index (χ4n) is 3.09. The van der Waals surface area contributed by atoms with E-state index in [0.717, 1.165) is 31.6 Å². The molecule has 0 aliphatic carbocycles. The SMILES string of the molecule is C=CCOc1ccccc1NC(=O)CNc1cccc(C(=O)N2CCCC2)c1. The fraction of sp³-hybridized carbons (Fsp3) is 0.273. The molecule has 6 heteroatoms. The molecule has 1 fully saturated rings. The molecule has 1 aliphatic heterocycles. The fourth-order valence-corrected chi connectivity index (χ4v) is 3.09. The highest BCUT2D eigenvalue weighted by Crippen LogP contribution is 2.23. The second-order valence-electron chi connectivity index (χ2n) is 6.58. The maximum atomic E-state index is 12.5. The van der Waals surface area contributed by atoms with E-state index in [2.05, 4.69) is 17.2 Å². The minimum atomic E-state index is -0.203. The van der Waals surface area contributed by atoms with Gasteiger partial charge in [0.05, 0.1) is 12.2 Å². The Balaban J connectivity index is 1.57. The Labute approximate surface area is 165 Å². The number of amides is 2. The van der Waals surface area contributed by atoms with Crippen LogP contribution < -0.4 is 15.4 Å². The molecular weight excluding hydrogens is 354 g/mol. The van der Waals surface area contributed by atoms with Gasteiger partial charge in [-0.1, -0.05) is 30.9 Å². The monoisotopic (exact) mass is 379 g/mol. The Hall–Kier alpha value is -3.28. The maximum absolute atomic E-state index is 12.5. The zero-order chi connectivity index (χ0) is 19.8. The Morgan fingerprint density at radius 2 is 1.89 bits per heavy atom. The van der Waals surface area contributed by atoms with Crippen molar-refractivity contribution in [3.8, 4) is 5.75 Å². The number of nitrogens with zero attached hydrogens (tertiary/aromatic N) is 1. The Morgan fingerprint density at radius 3 is 2.68 bits per heavy atom. The van der Waals surface area contributed by atoms with Gasteiger partial charge in [-0.2, -0.15) is 0 Å². The van der Waals surface area contributed by atoms with Gasteiger partial charge in [-0.25, -0.2) is 0 Å². The standard InChI is InChI=1S/C22H25N3O3/c1-2-14-28-20-11-4-3-10-19(20)24-21(26)16-23-18-9-7-8-17(15-18)22(27)25-12-5-6-13-25/h2-4,7-11,15,23H,1,5-6,12-14,16H2,(H,24,26). The smallest absolute Gasteiger partial charge is 0.253 e. The van der Waals surface area contributed by atoms with Crippen LogP contribution in [-0.4, -0.2) is 43.0 Å². The van der Waals surface area contributed by atoms with E-state index >= 15 is 0 Å². The molecule has 0 radical (unpaired) electrons. The van der Waals surface area contributed by atoms with Crippen LogP contribution in [0.4, 0.5) is 11.4 Å². The number of rotatable bonds is 8. The second kappa shape index (κ2) is 9.60. The molecule has 6 nitrogen and oxygen atoms in total. The van der Waals surface area contributed by atoms with Crippen LogP contribution in [0.25, 0.3) is 0 Å². The van der Waals surface area contributed by atoms with E-state index in [1.165, 1.54) is 0 Å². The van der Waals surface area contributed by atoms with Gasteiger partial charge in [0.1, 0.15) is 12.4 Å². The largest absolute Gasteiger partial charge is 0.487 e. The van der Waals surface area contributed by atoms with Crippen molar-refractivity contribution in [1.82, 2.24) is 4.90 Å². The highest BCUT2D eigenvalue weighted by molar-refractivity contribution is 5.96. The lowest BCUT2D eigenvalue weighted by molar-refractivity contribution is -0.114. The van der Waals surface area contributed by atoms with Crippen LogP contribution in [0.3, 0.4) is 0 Å². The molecule has 0 bridgehead atoms. The van der Waals surface area contributed by atoms with Crippen LogP contribution >= 0.6 is 0 Å². The third kappa shape index (κ3) is 5.13. The average molecular weight is 379 g/mol. The van der Waals surface area contributed by atoms with Gasteiger partial charge in [0.25, 0.3) is 5.91 Å². The van der Waals surface area contributed by atoms with Gasteiger partial charge in [0.15, 0.2) is 0 Å². The van der Waals surface area contributed by atoms with Gasteiger partial charge in [-0.15, -0.1) is 0 Å². The van der Waals surface area contributed by atoms with Crippen LogP contribution in [0.5, 0.6) is 5.75 Å².